The molecule has 0 aliphatic heterocycles. The number of hydrogen-bond donors (Lipinski definition) is 3. The molecule has 0 saturated heterocycles. The van der Waals surface area contributed by atoms with Gasteiger partial charge in [0.2, 0.25) is 0 Å². The second kappa shape index (κ2) is 9.11. The number of hydrogen-bond acceptors (Lipinski definition) is 4. The van der Waals surface area contributed by atoms with Gasteiger partial charge in [0.05, 0.1) is 17.7 Å². The van der Waals surface area contributed by atoms with Crippen LogP contribution in [0.4, 0.5) is 4.79 Å². The molecule has 7 nitrogen and oxygen atoms in total. The molecule has 0 aromatic carbocycles. The van der Waals surface area contributed by atoms with E-state index >= 15 is 0 Å². The molecular formula is C17H36N4O3. The highest BCUT2D eigenvalue weighted by Crippen LogP contribution is 2.09. The van der Waals surface area contributed by atoms with Gasteiger partial charge in [-0.3, -0.25) is 4.99 Å². The topological polar surface area (TPSA) is 84.0 Å². The number of amides is 1. The second-order valence-electron chi connectivity index (χ2n) is 8.02. The Hall–Kier alpha value is -1.50. The molecule has 3 N–H and O–H groups in total. The van der Waals surface area contributed by atoms with Crippen LogP contribution in [0.1, 0.15) is 55.4 Å². The van der Waals surface area contributed by atoms with E-state index in [9.17, 15) is 4.79 Å². The fraction of sp³-hybridized carbons (Fsp3) is 0.882. The average Bonchev–Trinajstić information content (AvgIpc) is 2.39. The van der Waals surface area contributed by atoms with Gasteiger partial charge in [-0.15, -0.1) is 0 Å². The number of alkyl carbamates (subject to hydrolysis) is 1. The minimum absolute atomic E-state index is 0.327. The Morgan fingerprint density at radius 1 is 1.04 bits per heavy atom. The average molecular weight is 345 g/mol. The van der Waals surface area contributed by atoms with Gasteiger partial charge in [-0.2, -0.15) is 0 Å². The molecule has 0 spiro atoms. The molecule has 7 heteroatoms. The van der Waals surface area contributed by atoms with Gasteiger partial charge in [-0.1, -0.05) is 0 Å². The number of methoxy groups -OCH3 is 1. The smallest absolute Gasteiger partial charge is 0.408 e. The van der Waals surface area contributed by atoms with Crippen LogP contribution in [-0.4, -0.2) is 55.5 Å². The van der Waals surface area contributed by atoms with Crippen molar-refractivity contribution >= 4 is 12.1 Å². The molecule has 0 unspecified atom stereocenters. The Balaban J connectivity index is 4.66. The lowest BCUT2D eigenvalue weighted by Gasteiger charge is -2.29. The Kier molecular flexibility index (Phi) is 8.54. The number of carbonyl (C=O) groups excluding carboxylic acids is 1. The van der Waals surface area contributed by atoms with Gasteiger partial charge in [0, 0.05) is 20.2 Å². The van der Waals surface area contributed by atoms with E-state index in [1.54, 1.807) is 7.11 Å². The lowest BCUT2D eigenvalue weighted by atomic mass is 10.1. The van der Waals surface area contributed by atoms with Crippen molar-refractivity contribution in [2.75, 3.05) is 26.7 Å². The zero-order valence-electron chi connectivity index (χ0n) is 16.8. The summed E-state index contributed by atoms with van der Waals surface area (Å²) in [5, 5.41) is 9.28. The van der Waals surface area contributed by atoms with Gasteiger partial charge in [-0.05, 0) is 55.4 Å². The molecule has 0 atom stereocenters. The van der Waals surface area contributed by atoms with E-state index in [4.69, 9.17) is 9.47 Å². The molecule has 0 radical (unpaired) electrons. The Labute approximate surface area is 147 Å². The standard InChI is InChI=1S/C17H36N4O3/c1-10-18-13(20-12-17(7,8)23-9)19-11-16(5,6)21-14(22)24-15(2,3)4/h10-12H2,1-9H3,(H,21,22)(H2,18,19,20). The summed E-state index contributed by atoms with van der Waals surface area (Å²) in [7, 11) is 1.67. The monoisotopic (exact) mass is 344 g/mol. The Morgan fingerprint density at radius 2 is 1.62 bits per heavy atom. The second-order valence-corrected chi connectivity index (χ2v) is 8.02. The number of guanidine groups is 1. The molecule has 0 bridgehead atoms. The van der Waals surface area contributed by atoms with Gasteiger partial charge < -0.3 is 25.4 Å². The number of nitrogens with zero attached hydrogens (tertiary/aromatic N) is 1. The molecule has 0 rings (SSSR count). The lowest BCUT2D eigenvalue weighted by molar-refractivity contribution is 0.0310. The van der Waals surface area contributed by atoms with Crippen LogP contribution >= 0.6 is 0 Å². The number of aliphatic imine (C=N–C) groups is 1. The predicted molar refractivity (Wildman–Crippen MR) is 98.5 cm³/mol. The van der Waals surface area contributed by atoms with E-state index < -0.39 is 17.2 Å². The lowest BCUT2D eigenvalue weighted by Crippen LogP contribution is -2.54. The number of nitrogens with one attached hydrogen (secondary N) is 3. The van der Waals surface area contributed by atoms with Crippen molar-refractivity contribution < 1.29 is 14.3 Å². The summed E-state index contributed by atoms with van der Waals surface area (Å²) in [5.41, 5.74) is -1.34. The Bertz CT molecular complexity index is 426. The summed E-state index contributed by atoms with van der Waals surface area (Å²) in [5.74, 6) is 0.682. The summed E-state index contributed by atoms with van der Waals surface area (Å²) >= 11 is 0. The van der Waals surface area contributed by atoms with Crippen LogP contribution < -0.4 is 16.0 Å². The third-order valence-electron chi connectivity index (χ3n) is 3.05. The SMILES string of the molecule is CCNC(=NCC(C)(C)OC)NCC(C)(C)NC(=O)OC(C)(C)C. The summed E-state index contributed by atoms with van der Waals surface area (Å²) in [6.07, 6.45) is -0.434. The first kappa shape index (κ1) is 22.5. The van der Waals surface area contributed by atoms with Crippen LogP contribution in [-0.2, 0) is 9.47 Å². The first-order valence-electron chi connectivity index (χ1n) is 8.39. The maximum atomic E-state index is 11.9. The minimum atomic E-state index is -0.518. The number of carbonyl (C=O) groups is 1. The molecule has 0 aliphatic carbocycles. The molecule has 0 aliphatic rings. The van der Waals surface area contributed by atoms with Crippen LogP contribution in [0, 0.1) is 0 Å². The summed E-state index contributed by atoms with van der Waals surface area (Å²) in [4.78, 5) is 16.4. The molecule has 0 aromatic heterocycles. The normalized spacial score (nSPS) is 13.5. The van der Waals surface area contributed by atoms with E-state index in [1.165, 1.54) is 0 Å². The summed E-state index contributed by atoms with van der Waals surface area (Å²) in [6.45, 7) is 17.1. The number of ether oxygens (including phenoxy) is 2. The van der Waals surface area contributed by atoms with Crippen molar-refractivity contribution in [3.8, 4) is 0 Å². The maximum absolute atomic E-state index is 11.9. The van der Waals surface area contributed by atoms with Crippen molar-refractivity contribution in [3.05, 3.63) is 0 Å². The molecule has 0 saturated carbocycles. The molecule has 0 heterocycles. The van der Waals surface area contributed by atoms with Gasteiger partial charge >= 0.3 is 6.09 Å². The van der Waals surface area contributed by atoms with E-state index in [0.717, 1.165) is 6.54 Å². The van der Waals surface area contributed by atoms with E-state index in [0.29, 0.717) is 19.0 Å². The molecule has 142 valence electrons. The van der Waals surface area contributed by atoms with Gasteiger partial charge in [0.25, 0.3) is 0 Å². The largest absolute Gasteiger partial charge is 0.444 e. The maximum Gasteiger partial charge on any atom is 0.408 e. The van der Waals surface area contributed by atoms with Crippen molar-refractivity contribution in [1.82, 2.24) is 16.0 Å². The first-order valence-corrected chi connectivity index (χ1v) is 8.39. The van der Waals surface area contributed by atoms with Gasteiger partial charge in [0.15, 0.2) is 5.96 Å². The summed E-state index contributed by atoms with van der Waals surface area (Å²) in [6, 6.07) is 0. The highest BCUT2D eigenvalue weighted by molar-refractivity contribution is 5.80. The van der Waals surface area contributed by atoms with Gasteiger partial charge in [0.1, 0.15) is 5.60 Å². The van der Waals surface area contributed by atoms with Crippen LogP contribution in [0.2, 0.25) is 0 Å². The zero-order valence-corrected chi connectivity index (χ0v) is 16.8. The fourth-order valence-electron chi connectivity index (χ4n) is 1.60. The quantitative estimate of drug-likeness (QED) is 0.487. The third kappa shape index (κ3) is 11.1. The van der Waals surface area contributed by atoms with Crippen LogP contribution in [0.3, 0.4) is 0 Å². The van der Waals surface area contributed by atoms with Crippen LogP contribution in [0.5, 0.6) is 0 Å². The van der Waals surface area contributed by atoms with Gasteiger partial charge in [-0.25, -0.2) is 4.79 Å². The van der Waals surface area contributed by atoms with Crippen LogP contribution in [0.25, 0.3) is 0 Å². The molecule has 24 heavy (non-hydrogen) atoms. The van der Waals surface area contributed by atoms with Crippen molar-refractivity contribution in [3.63, 3.8) is 0 Å². The predicted octanol–water partition coefficient (Wildman–Crippen LogP) is 2.27. The van der Waals surface area contributed by atoms with E-state index in [-0.39, 0.29) is 5.60 Å². The highest BCUT2D eigenvalue weighted by Gasteiger charge is 2.25. The van der Waals surface area contributed by atoms with Crippen molar-refractivity contribution in [1.29, 1.82) is 0 Å². The highest BCUT2D eigenvalue weighted by atomic mass is 16.6. The third-order valence-corrected chi connectivity index (χ3v) is 3.05. The fourth-order valence-corrected chi connectivity index (χ4v) is 1.60. The van der Waals surface area contributed by atoms with Crippen molar-refractivity contribution in [2.24, 2.45) is 4.99 Å². The first-order chi connectivity index (χ1) is 10.8. The van der Waals surface area contributed by atoms with E-state index in [1.807, 2.05) is 55.4 Å². The van der Waals surface area contributed by atoms with E-state index in [2.05, 4.69) is 20.9 Å². The molecule has 0 aromatic rings. The zero-order chi connectivity index (χ0) is 19.0. The van der Waals surface area contributed by atoms with Crippen LogP contribution in [0.15, 0.2) is 4.99 Å². The minimum Gasteiger partial charge on any atom is -0.444 e. The number of rotatable bonds is 7. The molecular weight excluding hydrogens is 308 g/mol. The molecule has 0 fully saturated rings. The summed E-state index contributed by atoms with van der Waals surface area (Å²) < 4.78 is 10.7. The molecule has 1 amide bonds. The van der Waals surface area contributed by atoms with Crippen molar-refractivity contribution in [2.45, 2.75) is 72.1 Å². The Morgan fingerprint density at radius 3 is 2.08 bits per heavy atom.